The van der Waals surface area contributed by atoms with Crippen LogP contribution in [0.1, 0.15) is 104 Å². The number of carbonyl (C=O) groups excluding carboxylic acids is 1. The van der Waals surface area contributed by atoms with Gasteiger partial charge in [0.15, 0.2) is 5.76 Å². The maximum atomic E-state index is 9.44. The van der Waals surface area contributed by atoms with Crippen molar-refractivity contribution < 1.29 is 9.32 Å². The lowest BCUT2D eigenvalue weighted by molar-refractivity contribution is -0.114. The van der Waals surface area contributed by atoms with E-state index < -0.39 is 0 Å². The molecule has 35 heavy (non-hydrogen) atoms. The number of hydrogen-bond acceptors (Lipinski definition) is 5. The van der Waals surface area contributed by atoms with Gasteiger partial charge >= 0.3 is 0 Å². The standard InChI is InChI=1S/C19H20N2OS.C3H6O.4C2H6/c1-6-8-9-14(7-2)18-16-11(3)13(5)23-19(16)17-12(4)21-22-15(17)10-20-18;1-3(2)4;4*1-2/h6-9H,2,10H2,1,3-5H3;1-2H3;4*1-2H3/b8-6-,14-9+;;;;;. The lowest BCUT2D eigenvalue weighted by Gasteiger charge is -2.08. The molecule has 0 spiro atoms. The number of ketones is 1. The van der Waals surface area contributed by atoms with Crippen LogP contribution in [0.15, 0.2) is 46.0 Å². The van der Waals surface area contributed by atoms with Crippen LogP contribution in [0.2, 0.25) is 0 Å². The number of thiophene rings is 1. The highest BCUT2D eigenvalue weighted by Gasteiger charge is 2.28. The van der Waals surface area contributed by atoms with E-state index in [4.69, 9.17) is 9.52 Å². The van der Waals surface area contributed by atoms with Gasteiger partial charge in [0.1, 0.15) is 12.3 Å². The number of Topliss-reactive ketones (excluding diaryl/α,β-unsaturated/α-hetero) is 1. The monoisotopic (exact) mass is 502 g/mol. The van der Waals surface area contributed by atoms with Crippen LogP contribution in [0.5, 0.6) is 0 Å². The maximum Gasteiger partial charge on any atom is 0.167 e. The van der Waals surface area contributed by atoms with Gasteiger partial charge < -0.3 is 9.32 Å². The summed E-state index contributed by atoms with van der Waals surface area (Å²) in [7, 11) is 0. The van der Waals surface area contributed by atoms with Gasteiger partial charge in [-0.1, -0.05) is 91.4 Å². The fourth-order valence-electron chi connectivity index (χ4n) is 2.81. The third-order valence-electron chi connectivity index (χ3n) is 4.12. The number of fused-ring (bicyclic) bond motifs is 3. The van der Waals surface area contributed by atoms with Crippen LogP contribution in [0.25, 0.3) is 10.4 Å². The van der Waals surface area contributed by atoms with Crippen molar-refractivity contribution in [2.45, 2.75) is 103 Å². The minimum absolute atomic E-state index is 0.167. The van der Waals surface area contributed by atoms with Crippen LogP contribution in [-0.4, -0.2) is 16.7 Å². The van der Waals surface area contributed by atoms with E-state index in [-0.39, 0.29) is 5.78 Å². The molecular weight excluding hydrogens is 452 g/mol. The van der Waals surface area contributed by atoms with Gasteiger partial charge in [-0.15, -0.1) is 11.3 Å². The summed E-state index contributed by atoms with van der Waals surface area (Å²) >= 11 is 1.79. The van der Waals surface area contributed by atoms with Crippen LogP contribution in [0.3, 0.4) is 0 Å². The SMILES string of the molecule is C=C/C(=C\C=C/C)C1=NCc2onc(C)c2-c2sc(C)c(C)c21.CC.CC.CC.CC.CC(C)=O. The average Bonchev–Trinajstić information content (AvgIpc) is 3.33. The van der Waals surface area contributed by atoms with Crippen molar-refractivity contribution in [1.82, 2.24) is 5.16 Å². The van der Waals surface area contributed by atoms with E-state index in [1.807, 2.05) is 87.5 Å². The molecule has 0 aromatic carbocycles. The summed E-state index contributed by atoms with van der Waals surface area (Å²) in [4.78, 5) is 16.8. The topological polar surface area (TPSA) is 55.5 Å². The Hall–Kier alpha value is -2.53. The summed E-state index contributed by atoms with van der Waals surface area (Å²) in [5, 5.41) is 4.13. The normalized spacial score (nSPS) is 10.9. The van der Waals surface area contributed by atoms with Gasteiger partial charge in [-0.2, -0.15) is 0 Å². The number of hydrogen-bond donors (Lipinski definition) is 0. The molecule has 3 heterocycles. The molecule has 0 aliphatic carbocycles. The molecule has 198 valence electrons. The van der Waals surface area contributed by atoms with Crippen LogP contribution in [0.4, 0.5) is 0 Å². The molecule has 1 aliphatic heterocycles. The summed E-state index contributed by atoms with van der Waals surface area (Å²) in [6, 6.07) is 0. The summed E-state index contributed by atoms with van der Waals surface area (Å²) in [5.74, 6) is 1.01. The predicted molar refractivity (Wildman–Crippen MR) is 159 cm³/mol. The molecule has 5 heteroatoms. The lowest BCUT2D eigenvalue weighted by atomic mass is 9.96. The molecule has 0 radical (unpaired) electrons. The van der Waals surface area contributed by atoms with E-state index in [2.05, 4.69) is 31.7 Å². The first-order chi connectivity index (χ1) is 16.8. The summed E-state index contributed by atoms with van der Waals surface area (Å²) < 4.78 is 5.51. The van der Waals surface area contributed by atoms with E-state index in [9.17, 15) is 4.79 Å². The Kier molecular flexibility index (Phi) is 23.2. The Morgan fingerprint density at radius 2 is 1.49 bits per heavy atom. The van der Waals surface area contributed by atoms with E-state index in [0.717, 1.165) is 28.3 Å². The Morgan fingerprint density at radius 3 is 1.94 bits per heavy atom. The number of nitrogens with zero attached hydrogens (tertiary/aromatic N) is 2. The lowest BCUT2D eigenvalue weighted by Crippen LogP contribution is -2.05. The van der Waals surface area contributed by atoms with Gasteiger partial charge in [-0.05, 0) is 52.7 Å². The van der Waals surface area contributed by atoms with Gasteiger partial charge in [0, 0.05) is 15.3 Å². The molecule has 0 fully saturated rings. The first kappa shape index (κ1) is 37.0. The average molecular weight is 503 g/mol. The Morgan fingerprint density at radius 1 is 0.971 bits per heavy atom. The van der Waals surface area contributed by atoms with Gasteiger partial charge in [0.2, 0.25) is 0 Å². The fraction of sp³-hybridized carbons (Fsp3) is 0.500. The van der Waals surface area contributed by atoms with Crippen molar-refractivity contribution in [1.29, 1.82) is 0 Å². The van der Waals surface area contributed by atoms with Gasteiger partial charge in [0.05, 0.1) is 17.0 Å². The van der Waals surface area contributed by atoms with Crippen molar-refractivity contribution in [3.8, 4) is 10.4 Å². The Bertz CT molecular complexity index is 953. The Balaban J connectivity index is -0.000000736. The zero-order valence-electron chi connectivity index (χ0n) is 24.8. The Labute approximate surface area is 219 Å². The molecule has 0 saturated heterocycles. The van der Waals surface area contributed by atoms with Gasteiger partial charge in [-0.3, -0.25) is 4.99 Å². The minimum Gasteiger partial charge on any atom is -0.358 e. The molecule has 1 aliphatic rings. The quantitative estimate of drug-likeness (QED) is 0.392. The van der Waals surface area contributed by atoms with Crippen molar-refractivity contribution in [3.05, 3.63) is 63.9 Å². The van der Waals surface area contributed by atoms with Crippen molar-refractivity contribution in [3.63, 3.8) is 0 Å². The number of aryl methyl sites for hydroxylation is 2. The summed E-state index contributed by atoms with van der Waals surface area (Å²) in [6.45, 7) is 31.8. The van der Waals surface area contributed by atoms with Gasteiger partial charge in [0.25, 0.3) is 0 Å². The van der Waals surface area contributed by atoms with Crippen molar-refractivity contribution >= 4 is 22.8 Å². The van der Waals surface area contributed by atoms with E-state index in [0.29, 0.717) is 6.54 Å². The largest absolute Gasteiger partial charge is 0.358 e. The van der Waals surface area contributed by atoms with Crippen LogP contribution in [0, 0.1) is 20.8 Å². The number of aliphatic imine (C=N–C) groups is 1. The second-order valence-electron chi connectivity index (χ2n) is 6.48. The second kappa shape index (κ2) is 22.0. The zero-order valence-corrected chi connectivity index (χ0v) is 25.7. The summed E-state index contributed by atoms with van der Waals surface area (Å²) in [5.41, 5.74) is 6.51. The molecule has 0 unspecified atom stereocenters. The first-order valence-electron chi connectivity index (χ1n) is 12.8. The van der Waals surface area contributed by atoms with Crippen LogP contribution in [-0.2, 0) is 11.3 Å². The van der Waals surface area contributed by atoms with E-state index >= 15 is 0 Å². The molecule has 0 amide bonds. The maximum absolute atomic E-state index is 9.44. The van der Waals surface area contributed by atoms with E-state index in [1.54, 1.807) is 11.3 Å². The van der Waals surface area contributed by atoms with E-state index in [1.165, 1.54) is 34.7 Å². The van der Waals surface area contributed by atoms with Gasteiger partial charge in [-0.25, -0.2) is 0 Å². The smallest absolute Gasteiger partial charge is 0.167 e. The highest BCUT2D eigenvalue weighted by molar-refractivity contribution is 7.16. The first-order valence-corrected chi connectivity index (χ1v) is 13.7. The highest BCUT2D eigenvalue weighted by Crippen LogP contribution is 2.42. The highest BCUT2D eigenvalue weighted by atomic mass is 32.1. The molecule has 2 aromatic heterocycles. The third kappa shape index (κ3) is 11.2. The fourth-order valence-corrected chi connectivity index (χ4v) is 4.09. The zero-order chi connectivity index (χ0) is 28.1. The molecule has 0 saturated carbocycles. The molecule has 0 N–H and O–H groups in total. The third-order valence-corrected chi connectivity index (χ3v) is 5.35. The number of aromatic nitrogens is 1. The molecule has 0 bridgehead atoms. The molecule has 4 nitrogen and oxygen atoms in total. The molecule has 0 atom stereocenters. The summed E-state index contributed by atoms with van der Waals surface area (Å²) in [6.07, 6.45) is 7.95. The number of rotatable bonds is 3. The number of allylic oxidation sites excluding steroid dienone is 5. The minimum atomic E-state index is 0.167. The predicted octanol–water partition coefficient (Wildman–Crippen LogP) is 10.0. The number of carbonyl (C=O) groups is 1. The van der Waals surface area contributed by atoms with Crippen molar-refractivity contribution in [2.75, 3.05) is 0 Å². The van der Waals surface area contributed by atoms with Crippen molar-refractivity contribution in [2.24, 2.45) is 4.99 Å². The molecular formula is C30H50N2O2S. The van der Waals surface area contributed by atoms with Crippen LogP contribution < -0.4 is 0 Å². The van der Waals surface area contributed by atoms with Crippen LogP contribution >= 0.6 is 11.3 Å². The molecule has 3 rings (SSSR count). The molecule has 2 aromatic rings. The second-order valence-corrected chi connectivity index (χ2v) is 7.70.